The van der Waals surface area contributed by atoms with E-state index in [0.717, 1.165) is 0 Å². The topological polar surface area (TPSA) is 105 Å². The van der Waals surface area contributed by atoms with Crippen LogP contribution in [0.2, 0.25) is 0 Å². The molecule has 0 aliphatic carbocycles. The largest absolute Gasteiger partial charge is 0.483 e. The molecular weight excluding hydrogens is 418 g/mol. The minimum atomic E-state index is -3.01. The predicted molar refractivity (Wildman–Crippen MR) is 113 cm³/mol. The smallest absolute Gasteiger partial charge is 0.296 e. The molecule has 0 bridgehead atoms. The number of anilines is 2. The van der Waals surface area contributed by atoms with Gasteiger partial charge in [-0.15, -0.1) is 0 Å². The van der Waals surface area contributed by atoms with Crippen LogP contribution in [0.15, 0.2) is 48.7 Å². The van der Waals surface area contributed by atoms with E-state index in [0.29, 0.717) is 35.4 Å². The molecule has 1 saturated heterocycles. The fourth-order valence-corrected chi connectivity index (χ4v) is 3.28. The van der Waals surface area contributed by atoms with Crippen LogP contribution in [0.1, 0.15) is 12.0 Å². The van der Waals surface area contributed by atoms with E-state index in [1.54, 1.807) is 42.6 Å². The van der Waals surface area contributed by atoms with Gasteiger partial charge in [-0.2, -0.15) is 10.2 Å². The first-order chi connectivity index (χ1) is 15.5. The number of rotatable bonds is 6. The molecule has 164 valence electrons. The van der Waals surface area contributed by atoms with E-state index in [-0.39, 0.29) is 17.7 Å². The standard InChI is InChI=1S/C22H20F2N6O2/c1-31-20-4-2-3-19(29-20)30-21-27-10-7-16(28-21)14-5-6-17(15(11-14)12-25)32-18-8-9-26-13-22(18,23)24/h2-7,10-11,18,26H,8-9,13H2,1H3,(H,27,28,29,30). The van der Waals surface area contributed by atoms with Crippen molar-refractivity contribution in [1.82, 2.24) is 20.3 Å². The van der Waals surface area contributed by atoms with Gasteiger partial charge in [0.05, 0.1) is 24.9 Å². The molecular formula is C22H20F2N6O2. The van der Waals surface area contributed by atoms with E-state index in [9.17, 15) is 14.0 Å². The lowest BCUT2D eigenvalue weighted by Gasteiger charge is -2.32. The summed E-state index contributed by atoms with van der Waals surface area (Å²) in [5, 5.41) is 15.2. The number of halogens is 2. The molecule has 10 heteroatoms. The highest BCUT2D eigenvalue weighted by Gasteiger charge is 2.43. The third kappa shape index (κ3) is 4.73. The van der Waals surface area contributed by atoms with Gasteiger partial charge in [0.2, 0.25) is 11.8 Å². The van der Waals surface area contributed by atoms with E-state index in [1.807, 2.05) is 6.07 Å². The SMILES string of the molecule is COc1cccc(Nc2nccc(-c3ccc(OC4CCNCC4(F)F)c(C#N)c3)n2)n1. The van der Waals surface area contributed by atoms with Crippen LogP contribution in [0.4, 0.5) is 20.5 Å². The van der Waals surface area contributed by atoms with Crippen molar-refractivity contribution in [3.8, 4) is 29.0 Å². The van der Waals surface area contributed by atoms with Gasteiger partial charge >= 0.3 is 0 Å². The summed E-state index contributed by atoms with van der Waals surface area (Å²) in [6.45, 7) is -0.0183. The molecule has 0 amide bonds. The van der Waals surface area contributed by atoms with Crippen molar-refractivity contribution in [2.75, 3.05) is 25.5 Å². The normalized spacial score (nSPS) is 17.2. The number of benzene rings is 1. The number of piperidine rings is 1. The maximum atomic E-state index is 14.1. The van der Waals surface area contributed by atoms with E-state index in [4.69, 9.17) is 9.47 Å². The maximum absolute atomic E-state index is 14.1. The quantitative estimate of drug-likeness (QED) is 0.602. The van der Waals surface area contributed by atoms with Gasteiger partial charge in [0, 0.05) is 24.2 Å². The number of nitriles is 1. The Morgan fingerprint density at radius 3 is 2.88 bits per heavy atom. The summed E-state index contributed by atoms with van der Waals surface area (Å²) >= 11 is 0. The second-order valence-electron chi connectivity index (χ2n) is 7.11. The molecule has 4 rings (SSSR count). The van der Waals surface area contributed by atoms with E-state index >= 15 is 0 Å². The van der Waals surface area contributed by atoms with Crippen molar-refractivity contribution < 1.29 is 18.3 Å². The Morgan fingerprint density at radius 1 is 1.22 bits per heavy atom. The first kappa shape index (κ1) is 21.4. The fraction of sp³-hybridized carbons (Fsp3) is 0.273. The molecule has 2 N–H and O–H groups in total. The molecule has 3 aromatic rings. The van der Waals surface area contributed by atoms with E-state index < -0.39 is 18.6 Å². The minimum absolute atomic E-state index is 0.121. The number of pyridine rings is 1. The van der Waals surface area contributed by atoms with Crippen molar-refractivity contribution in [2.45, 2.75) is 18.4 Å². The zero-order valence-corrected chi connectivity index (χ0v) is 17.2. The molecule has 1 unspecified atom stereocenters. The van der Waals surface area contributed by atoms with Crippen LogP contribution in [0.3, 0.4) is 0 Å². The number of nitrogens with one attached hydrogen (secondary N) is 2. The first-order valence-electron chi connectivity index (χ1n) is 9.89. The second-order valence-corrected chi connectivity index (χ2v) is 7.11. The summed E-state index contributed by atoms with van der Waals surface area (Å²) in [7, 11) is 1.52. The van der Waals surface area contributed by atoms with Crippen molar-refractivity contribution >= 4 is 11.8 Å². The molecule has 1 atom stereocenters. The Balaban J connectivity index is 1.56. The molecule has 32 heavy (non-hydrogen) atoms. The summed E-state index contributed by atoms with van der Waals surface area (Å²) in [5.41, 5.74) is 1.31. The maximum Gasteiger partial charge on any atom is 0.296 e. The number of alkyl halides is 2. The molecule has 0 saturated carbocycles. The van der Waals surface area contributed by atoms with Crippen molar-refractivity contribution in [3.05, 3.63) is 54.2 Å². The molecule has 1 fully saturated rings. The molecule has 2 aromatic heterocycles. The molecule has 8 nitrogen and oxygen atoms in total. The average molecular weight is 438 g/mol. The highest BCUT2D eigenvalue weighted by atomic mass is 19.3. The van der Waals surface area contributed by atoms with E-state index in [2.05, 4.69) is 25.6 Å². The van der Waals surface area contributed by atoms with Crippen LogP contribution in [-0.2, 0) is 0 Å². The number of methoxy groups -OCH3 is 1. The van der Waals surface area contributed by atoms with Crippen molar-refractivity contribution in [3.63, 3.8) is 0 Å². The third-order valence-electron chi connectivity index (χ3n) is 4.91. The summed E-state index contributed by atoms with van der Waals surface area (Å²) in [5.74, 6) is -1.64. The van der Waals surface area contributed by atoms with Gasteiger partial charge in [-0.3, -0.25) is 0 Å². The second kappa shape index (κ2) is 9.11. The van der Waals surface area contributed by atoms with Crippen molar-refractivity contribution in [2.24, 2.45) is 0 Å². The number of ether oxygens (including phenoxy) is 2. The highest BCUT2D eigenvalue weighted by Crippen LogP contribution is 2.31. The van der Waals surface area contributed by atoms with Gasteiger partial charge in [0.1, 0.15) is 17.6 Å². The van der Waals surface area contributed by atoms with E-state index in [1.165, 1.54) is 13.2 Å². The average Bonchev–Trinajstić information content (AvgIpc) is 2.81. The van der Waals surface area contributed by atoms with Crippen LogP contribution in [0.25, 0.3) is 11.3 Å². The summed E-state index contributed by atoms with van der Waals surface area (Å²) in [6, 6.07) is 13.7. The summed E-state index contributed by atoms with van der Waals surface area (Å²) in [6.07, 6.45) is 0.433. The van der Waals surface area contributed by atoms with Gasteiger partial charge < -0.3 is 20.1 Å². The van der Waals surface area contributed by atoms with Crippen LogP contribution >= 0.6 is 0 Å². The van der Waals surface area contributed by atoms with Crippen LogP contribution < -0.4 is 20.1 Å². The van der Waals surface area contributed by atoms with Gasteiger partial charge in [-0.25, -0.2) is 18.7 Å². The lowest BCUT2D eigenvalue weighted by molar-refractivity contribution is -0.109. The van der Waals surface area contributed by atoms with Crippen LogP contribution in [0.5, 0.6) is 11.6 Å². The number of aromatic nitrogens is 3. The summed E-state index contributed by atoms with van der Waals surface area (Å²) < 4.78 is 38.8. The Hall–Kier alpha value is -3.84. The first-order valence-corrected chi connectivity index (χ1v) is 9.89. The Kier molecular flexibility index (Phi) is 6.09. The summed E-state index contributed by atoms with van der Waals surface area (Å²) in [4.78, 5) is 12.9. The highest BCUT2D eigenvalue weighted by molar-refractivity contribution is 5.65. The van der Waals surface area contributed by atoms with Crippen LogP contribution in [0, 0.1) is 11.3 Å². The fourth-order valence-electron chi connectivity index (χ4n) is 3.28. The molecule has 1 aromatic carbocycles. The van der Waals surface area contributed by atoms with Crippen LogP contribution in [-0.4, -0.2) is 47.2 Å². The van der Waals surface area contributed by atoms with Gasteiger partial charge in [-0.1, -0.05) is 6.07 Å². The number of hydrogen-bond acceptors (Lipinski definition) is 8. The zero-order valence-electron chi connectivity index (χ0n) is 17.2. The minimum Gasteiger partial charge on any atom is -0.483 e. The third-order valence-corrected chi connectivity index (χ3v) is 4.91. The monoisotopic (exact) mass is 438 g/mol. The Morgan fingerprint density at radius 2 is 2.09 bits per heavy atom. The molecule has 0 spiro atoms. The lowest BCUT2D eigenvalue weighted by atomic mass is 10.0. The number of nitrogens with zero attached hydrogens (tertiary/aromatic N) is 4. The lowest BCUT2D eigenvalue weighted by Crippen LogP contribution is -2.52. The van der Waals surface area contributed by atoms with Crippen molar-refractivity contribution in [1.29, 1.82) is 5.26 Å². The molecule has 0 radical (unpaired) electrons. The Bertz CT molecular complexity index is 1150. The molecule has 1 aliphatic rings. The van der Waals surface area contributed by atoms with Gasteiger partial charge in [-0.05, 0) is 36.9 Å². The zero-order chi connectivity index (χ0) is 22.6. The number of hydrogen-bond donors (Lipinski definition) is 2. The molecule has 1 aliphatic heterocycles. The predicted octanol–water partition coefficient (Wildman–Crippen LogP) is 3.54. The molecule has 3 heterocycles. The van der Waals surface area contributed by atoms with Gasteiger partial charge in [0.15, 0.2) is 6.10 Å². The Labute approximate surface area is 183 Å². The van der Waals surface area contributed by atoms with Gasteiger partial charge in [0.25, 0.3) is 5.92 Å².